The molecular formula is C12H17BrN2O. The van der Waals surface area contributed by atoms with Gasteiger partial charge in [0.05, 0.1) is 6.54 Å². The summed E-state index contributed by atoms with van der Waals surface area (Å²) in [6.45, 7) is 5.16. The van der Waals surface area contributed by atoms with Gasteiger partial charge in [-0.25, -0.2) is 0 Å². The zero-order chi connectivity index (χ0) is 12.1. The number of halogens is 1. The van der Waals surface area contributed by atoms with Crippen molar-refractivity contribution >= 4 is 27.5 Å². The van der Waals surface area contributed by atoms with Crippen LogP contribution in [-0.4, -0.2) is 26.0 Å². The topological polar surface area (TPSA) is 32.3 Å². The molecule has 0 atom stereocenters. The Kier molecular flexibility index (Phi) is 4.96. The molecule has 0 aliphatic heterocycles. The van der Waals surface area contributed by atoms with Crippen LogP contribution in [0.15, 0.2) is 22.7 Å². The number of nitrogens with one attached hydrogen (secondary N) is 1. The van der Waals surface area contributed by atoms with Crippen LogP contribution in [-0.2, 0) is 4.79 Å². The van der Waals surface area contributed by atoms with Crippen LogP contribution >= 0.6 is 15.9 Å². The number of carbonyl (C=O) groups is 1. The molecule has 88 valence electrons. The van der Waals surface area contributed by atoms with Crippen LogP contribution in [0.3, 0.4) is 0 Å². The number of nitrogens with zero attached hydrogens (tertiary/aromatic N) is 1. The summed E-state index contributed by atoms with van der Waals surface area (Å²) >= 11 is 3.41. The van der Waals surface area contributed by atoms with E-state index in [0.29, 0.717) is 6.54 Å². The smallest absolute Gasteiger partial charge is 0.240 e. The minimum atomic E-state index is 0.0723. The maximum absolute atomic E-state index is 11.8. The number of anilines is 1. The summed E-state index contributed by atoms with van der Waals surface area (Å²) in [6.07, 6.45) is 0. The largest absolute Gasteiger partial charge is 0.314 e. The SMILES string of the molecule is CCNCC(=O)N(C)c1cc(Br)ccc1C. The molecule has 0 radical (unpaired) electrons. The van der Waals surface area contributed by atoms with Crippen molar-refractivity contribution < 1.29 is 4.79 Å². The van der Waals surface area contributed by atoms with E-state index >= 15 is 0 Å². The summed E-state index contributed by atoms with van der Waals surface area (Å²) < 4.78 is 0.983. The van der Waals surface area contributed by atoms with E-state index in [-0.39, 0.29) is 5.91 Å². The number of carbonyl (C=O) groups excluding carboxylic acids is 1. The molecule has 0 bridgehead atoms. The minimum Gasteiger partial charge on any atom is -0.314 e. The van der Waals surface area contributed by atoms with Crippen LogP contribution in [0.25, 0.3) is 0 Å². The zero-order valence-corrected chi connectivity index (χ0v) is 11.5. The second-order valence-corrected chi connectivity index (χ2v) is 4.58. The highest BCUT2D eigenvalue weighted by atomic mass is 79.9. The van der Waals surface area contributed by atoms with Gasteiger partial charge in [0.2, 0.25) is 5.91 Å². The number of likely N-dealkylation sites (N-methyl/N-ethyl adjacent to an activating group) is 2. The molecule has 0 unspecified atom stereocenters. The Labute approximate surface area is 105 Å². The molecule has 0 aliphatic carbocycles. The molecule has 0 heterocycles. The summed E-state index contributed by atoms with van der Waals surface area (Å²) in [5.41, 5.74) is 2.04. The van der Waals surface area contributed by atoms with E-state index < -0.39 is 0 Å². The number of hydrogen-bond acceptors (Lipinski definition) is 2. The Morgan fingerprint density at radius 2 is 2.19 bits per heavy atom. The highest BCUT2D eigenvalue weighted by Gasteiger charge is 2.12. The fourth-order valence-corrected chi connectivity index (χ4v) is 1.78. The molecule has 0 spiro atoms. The van der Waals surface area contributed by atoms with Gasteiger partial charge in [-0.1, -0.05) is 28.9 Å². The first-order valence-corrected chi connectivity index (χ1v) is 6.09. The van der Waals surface area contributed by atoms with Gasteiger partial charge in [0.1, 0.15) is 0 Å². The van der Waals surface area contributed by atoms with Crippen LogP contribution in [0.5, 0.6) is 0 Å². The van der Waals surface area contributed by atoms with Crippen LogP contribution in [0.4, 0.5) is 5.69 Å². The molecule has 1 amide bonds. The maximum Gasteiger partial charge on any atom is 0.240 e. The Bertz CT molecular complexity index is 379. The first kappa shape index (κ1) is 13.2. The van der Waals surface area contributed by atoms with Crippen molar-refractivity contribution in [1.29, 1.82) is 0 Å². The monoisotopic (exact) mass is 284 g/mol. The Morgan fingerprint density at radius 3 is 2.81 bits per heavy atom. The predicted octanol–water partition coefficient (Wildman–Crippen LogP) is 2.33. The summed E-state index contributed by atoms with van der Waals surface area (Å²) in [7, 11) is 1.80. The van der Waals surface area contributed by atoms with E-state index in [2.05, 4.69) is 21.2 Å². The lowest BCUT2D eigenvalue weighted by molar-refractivity contribution is -0.117. The standard InChI is InChI=1S/C12H17BrN2O/c1-4-14-8-12(16)15(3)11-7-10(13)6-5-9(11)2/h5-7,14H,4,8H2,1-3H3. The second kappa shape index (κ2) is 6.01. The molecule has 4 heteroatoms. The van der Waals surface area contributed by atoms with E-state index in [1.807, 2.05) is 32.0 Å². The molecule has 1 N–H and O–H groups in total. The van der Waals surface area contributed by atoms with Crippen molar-refractivity contribution in [1.82, 2.24) is 5.32 Å². The molecule has 0 saturated carbocycles. The normalized spacial score (nSPS) is 10.2. The van der Waals surface area contributed by atoms with Crippen molar-refractivity contribution in [3.63, 3.8) is 0 Å². The van der Waals surface area contributed by atoms with Crippen LogP contribution in [0.2, 0.25) is 0 Å². The van der Waals surface area contributed by atoms with Gasteiger partial charge in [-0.2, -0.15) is 0 Å². The molecule has 16 heavy (non-hydrogen) atoms. The number of rotatable bonds is 4. The molecule has 3 nitrogen and oxygen atoms in total. The third-order valence-electron chi connectivity index (χ3n) is 2.43. The third-order valence-corrected chi connectivity index (χ3v) is 2.93. The molecule has 0 saturated heterocycles. The summed E-state index contributed by atoms with van der Waals surface area (Å²) in [5.74, 6) is 0.0723. The fourth-order valence-electron chi connectivity index (χ4n) is 1.43. The van der Waals surface area contributed by atoms with E-state index in [4.69, 9.17) is 0 Å². The van der Waals surface area contributed by atoms with Crippen LogP contribution in [0, 0.1) is 6.92 Å². The average molecular weight is 285 g/mol. The van der Waals surface area contributed by atoms with Gasteiger partial charge in [0.15, 0.2) is 0 Å². The maximum atomic E-state index is 11.8. The molecular weight excluding hydrogens is 268 g/mol. The summed E-state index contributed by atoms with van der Waals surface area (Å²) in [5, 5.41) is 3.03. The number of hydrogen-bond donors (Lipinski definition) is 1. The molecule has 1 aromatic carbocycles. The van der Waals surface area contributed by atoms with Crippen molar-refractivity contribution in [2.75, 3.05) is 25.0 Å². The summed E-state index contributed by atoms with van der Waals surface area (Å²) in [4.78, 5) is 13.5. The number of aryl methyl sites for hydroxylation is 1. The van der Waals surface area contributed by atoms with E-state index in [0.717, 1.165) is 22.3 Å². The van der Waals surface area contributed by atoms with Crippen LogP contribution in [0.1, 0.15) is 12.5 Å². The van der Waals surface area contributed by atoms with Crippen molar-refractivity contribution in [2.24, 2.45) is 0 Å². The number of amides is 1. The van der Waals surface area contributed by atoms with E-state index in [1.165, 1.54) is 0 Å². The average Bonchev–Trinajstić information content (AvgIpc) is 2.28. The summed E-state index contributed by atoms with van der Waals surface area (Å²) in [6, 6.07) is 5.93. The van der Waals surface area contributed by atoms with Crippen molar-refractivity contribution in [3.05, 3.63) is 28.2 Å². The molecule has 1 aromatic rings. The first-order chi connectivity index (χ1) is 7.56. The zero-order valence-electron chi connectivity index (χ0n) is 9.88. The quantitative estimate of drug-likeness (QED) is 0.921. The van der Waals surface area contributed by atoms with Gasteiger partial charge in [-0.15, -0.1) is 0 Å². The van der Waals surface area contributed by atoms with Crippen LogP contribution < -0.4 is 10.2 Å². The highest BCUT2D eigenvalue weighted by Crippen LogP contribution is 2.23. The van der Waals surface area contributed by atoms with Gasteiger partial charge in [-0.05, 0) is 31.2 Å². The highest BCUT2D eigenvalue weighted by molar-refractivity contribution is 9.10. The fraction of sp³-hybridized carbons (Fsp3) is 0.417. The lowest BCUT2D eigenvalue weighted by atomic mass is 10.2. The molecule has 0 fully saturated rings. The Hall–Kier alpha value is -0.870. The van der Waals surface area contributed by atoms with Crippen molar-refractivity contribution in [2.45, 2.75) is 13.8 Å². The van der Waals surface area contributed by atoms with Crippen molar-refractivity contribution in [3.8, 4) is 0 Å². The van der Waals surface area contributed by atoms with Gasteiger partial charge >= 0.3 is 0 Å². The lowest BCUT2D eigenvalue weighted by Gasteiger charge is -2.20. The van der Waals surface area contributed by atoms with Gasteiger partial charge in [-0.3, -0.25) is 4.79 Å². The minimum absolute atomic E-state index is 0.0723. The van der Waals surface area contributed by atoms with Gasteiger partial charge in [0.25, 0.3) is 0 Å². The Balaban J connectivity index is 2.82. The third kappa shape index (κ3) is 3.32. The molecule has 0 aromatic heterocycles. The molecule has 0 aliphatic rings. The number of benzene rings is 1. The second-order valence-electron chi connectivity index (χ2n) is 3.66. The van der Waals surface area contributed by atoms with Gasteiger partial charge < -0.3 is 10.2 Å². The lowest BCUT2D eigenvalue weighted by Crippen LogP contribution is -2.35. The van der Waals surface area contributed by atoms with E-state index in [9.17, 15) is 4.79 Å². The predicted molar refractivity (Wildman–Crippen MR) is 70.8 cm³/mol. The molecule has 1 rings (SSSR count). The first-order valence-electron chi connectivity index (χ1n) is 5.29. The Morgan fingerprint density at radius 1 is 1.50 bits per heavy atom. The van der Waals surface area contributed by atoms with Gasteiger partial charge in [0, 0.05) is 17.2 Å². The van der Waals surface area contributed by atoms with E-state index in [1.54, 1.807) is 11.9 Å².